The van der Waals surface area contributed by atoms with Crippen molar-refractivity contribution in [2.75, 3.05) is 6.61 Å². The first-order valence-corrected chi connectivity index (χ1v) is 4.98. The molecule has 0 bridgehead atoms. The molecule has 0 fully saturated rings. The van der Waals surface area contributed by atoms with Gasteiger partial charge in [0.15, 0.2) is 0 Å². The molecule has 1 N–H and O–H groups in total. The fourth-order valence-corrected chi connectivity index (χ4v) is 1.10. The molecule has 0 aliphatic carbocycles. The summed E-state index contributed by atoms with van der Waals surface area (Å²) in [6.07, 6.45) is 2.17. The van der Waals surface area contributed by atoms with Crippen LogP contribution >= 0.6 is 0 Å². The van der Waals surface area contributed by atoms with Crippen molar-refractivity contribution in [1.82, 2.24) is 0 Å². The Morgan fingerprint density at radius 2 is 2.07 bits per heavy atom. The zero-order valence-corrected chi connectivity index (χ0v) is 9.23. The molecule has 0 aliphatic rings. The number of carbonyl (C=O) groups is 2. The normalized spacial score (nSPS) is 12.2. The van der Waals surface area contributed by atoms with Gasteiger partial charge in [0, 0.05) is 0 Å². The maximum absolute atomic E-state index is 11.2. The van der Waals surface area contributed by atoms with Crippen LogP contribution in [0.25, 0.3) is 0 Å². The van der Waals surface area contributed by atoms with Crippen LogP contribution in [0, 0.1) is 11.8 Å². The minimum absolute atomic E-state index is 0.0653. The Balaban J connectivity index is 4.00. The second kappa shape index (κ2) is 7.04. The van der Waals surface area contributed by atoms with Crippen LogP contribution in [-0.2, 0) is 14.3 Å². The smallest absolute Gasteiger partial charge is 0.307 e. The molecule has 15 heavy (non-hydrogen) atoms. The summed E-state index contributed by atoms with van der Waals surface area (Å²) >= 11 is 0. The van der Waals surface area contributed by atoms with Crippen LogP contribution in [0.4, 0.5) is 0 Å². The average Bonchev–Trinajstić information content (AvgIpc) is 2.13. The Morgan fingerprint density at radius 3 is 2.47 bits per heavy atom. The number of carbonyl (C=O) groups excluding carboxylic acids is 1. The van der Waals surface area contributed by atoms with E-state index in [-0.39, 0.29) is 18.9 Å². The zero-order chi connectivity index (χ0) is 11.8. The second-order valence-electron chi connectivity index (χ2n) is 3.69. The van der Waals surface area contributed by atoms with E-state index in [0.29, 0.717) is 6.42 Å². The average molecular weight is 214 g/mol. The summed E-state index contributed by atoms with van der Waals surface area (Å²) in [4.78, 5) is 22.0. The summed E-state index contributed by atoms with van der Waals surface area (Å²) in [5.74, 6) is -2.15. The molecule has 86 valence electrons. The molecule has 0 aromatic rings. The molecule has 0 amide bonds. The summed E-state index contributed by atoms with van der Waals surface area (Å²) in [7, 11) is 0. The standard InChI is InChI=1S/C11H18O4/c1-4-5-6-15-10(12)7-9(8(2)3)11(13)14/h4,8-9H,1,5-7H2,2-3H3,(H,13,14)/t9-/m0/s1. The number of esters is 1. The predicted molar refractivity (Wildman–Crippen MR) is 56.4 cm³/mol. The first-order chi connectivity index (χ1) is 6.99. The number of hydrogen-bond acceptors (Lipinski definition) is 3. The molecule has 4 heteroatoms. The highest BCUT2D eigenvalue weighted by atomic mass is 16.5. The van der Waals surface area contributed by atoms with Crippen molar-refractivity contribution < 1.29 is 19.4 Å². The fourth-order valence-electron chi connectivity index (χ4n) is 1.10. The lowest BCUT2D eigenvalue weighted by Gasteiger charge is -2.14. The number of carboxylic acid groups (broad SMARTS) is 1. The van der Waals surface area contributed by atoms with Gasteiger partial charge in [0.2, 0.25) is 0 Å². The van der Waals surface area contributed by atoms with E-state index in [1.807, 2.05) is 0 Å². The molecule has 0 rings (SSSR count). The molecule has 0 aliphatic heterocycles. The molecule has 0 aromatic heterocycles. The van der Waals surface area contributed by atoms with E-state index in [9.17, 15) is 9.59 Å². The van der Waals surface area contributed by atoms with Gasteiger partial charge >= 0.3 is 11.9 Å². The van der Waals surface area contributed by atoms with E-state index in [2.05, 4.69) is 6.58 Å². The van der Waals surface area contributed by atoms with Gasteiger partial charge in [-0.2, -0.15) is 0 Å². The highest BCUT2D eigenvalue weighted by molar-refractivity contribution is 5.78. The van der Waals surface area contributed by atoms with E-state index in [1.165, 1.54) is 0 Å². The zero-order valence-electron chi connectivity index (χ0n) is 9.23. The van der Waals surface area contributed by atoms with Gasteiger partial charge in [0.25, 0.3) is 0 Å². The van der Waals surface area contributed by atoms with Crippen LogP contribution < -0.4 is 0 Å². The van der Waals surface area contributed by atoms with E-state index < -0.39 is 17.9 Å². The molecule has 0 saturated carbocycles. The maximum atomic E-state index is 11.2. The van der Waals surface area contributed by atoms with Crippen LogP contribution in [0.5, 0.6) is 0 Å². The van der Waals surface area contributed by atoms with Crippen molar-refractivity contribution in [2.24, 2.45) is 11.8 Å². The van der Waals surface area contributed by atoms with Crippen LogP contribution in [0.3, 0.4) is 0 Å². The lowest BCUT2D eigenvalue weighted by molar-refractivity contribution is -0.152. The van der Waals surface area contributed by atoms with E-state index in [4.69, 9.17) is 9.84 Å². The van der Waals surface area contributed by atoms with Gasteiger partial charge in [-0.1, -0.05) is 19.9 Å². The summed E-state index contributed by atoms with van der Waals surface area (Å²) in [5, 5.41) is 8.84. The Kier molecular flexibility index (Phi) is 6.42. The minimum Gasteiger partial charge on any atom is -0.481 e. The third kappa shape index (κ3) is 5.88. The van der Waals surface area contributed by atoms with Gasteiger partial charge in [-0.3, -0.25) is 9.59 Å². The van der Waals surface area contributed by atoms with Crippen LogP contribution in [-0.4, -0.2) is 23.7 Å². The van der Waals surface area contributed by atoms with Crippen LogP contribution in [0.15, 0.2) is 12.7 Å². The lowest BCUT2D eigenvalue weighted by Crippen LogP contribution is -2.24. The Bertz CT molecular complexity index is 233. The quantitative estimate of drug-likeness (QED) is 0.399. The van der Waals surface area contributed by atoms with Crippen molar-refractivity contribution in [1.29, 1.82) is 0 Å². The molecular weight excluding hydrogens is 196 g/mol. The molecule has 4 nitrogen and oxygen atoms in total. The first-order valence-electron chi connectivity index (χ1n) is 4.98. The topological polar surface area (TPSA) is 63.6 Å². The largest absolute Gasteiger partial charge is 0.481 e. The number of ether oxygens (including phenoxy) is 1. The molecule has 0 spiro atoms. The molecule has 0 heterocycles. The second-order valence-corrected chi connectivity index (χ2v) is 3.69. The summed E-state index contributed by atoms with van der Waals surface area (Å²) in [6.45, 7) is 7.31. The van der Waals surface area contributed by atoms with Crippen molar-refractivity contribution in [2.45, 2.75) is 26.7 Å². The molecule has 0 aromatic carbocycles. The Morgan fingerprint density at radius 1 is 1.47 bits per heavy atom. The van der Waals surface area contributed by atoms with Crippen LogP contribution in [0.1, 0.15) is 26.7 Å². The van der Waals surface area contributed by atoms with Gasteiger partial charge in [0.05, 0.1) is 18.9 Å². The van der Waals surface area contributed by atoms with Crippen molar-refractivity contribution in [3.8, 4) is 0 Å². The number of aliphatic carboxylic acids is 1. The highest BCUT2D eigenvalue weighted by Gasteiger charge is 2.25. The number of rotatable bonds is 7. The molecule has 0 unspecified atom stereocenters. The van der Waals surface area contributed by atoms with Crippen molar-refractivity contribution >= 4 is 11.9 Å². The van der Waals surface area contributed by atoms with E-state index >= 15 is 0 Å². The SMILES string of the molecule is C=CCCOC(=O)C[C@H](C(=O)O)C(C)C. The molecule has 1 atom stereocenters. The minimum atomic E-state index is -0.953. The number of carboxylic acids is 1. The lowest BCUT2D eigenvalue weighted by atomic mass is 9.93. The molecular formula is C11H18O4. The monoisotopic (exact) mass is 214 g/mol. The summed E-state index contributed by atoms with van der Waals surface area (Å²) in [6, 6.07) is 0. The van der Waals surface area contributed by atoms with Gasteiger partial charge in [-0.25, -0.2) is 0 Å². The highest BCUT2D eigenvalue weighted by Crippen LogP contribution is 2.16. The maximum Gasteiger partial charge on any atom is 0.307 e. The Labute approximate surface area is 89.9 Å². The van der Waals surface area contributed by atoms with Gasteiger partial charge in [-0.05, 0) is 12.3 Å². The summed E-state index contributed by atoms with van der Waals surface area (Å²) in [5.41, 5.74) is 0. The summed E-state index contributed by atoms with van der Waals surface area (Å²) < 4.78 is 4.84. The van der Waals surface area contributed by atoms with Crippen molar-refractivity contribution in [3.05, 3.63) is 12.7 Å². The van der Waals surface area contributed by atoms with Crippen LogP contribution in [0.2, 0.25) is 0 Å². The third-order valence-corrected chi connectivity index (χ3v) is 2.09. The van der Waals surface area contributed by atoms with E-state index in [1.54, 1.807) is 19.9 Å². The fraction of sp³-hybridized carbons (Fsp3) is 0.636. The number of hydrogen-bond donors (Lipinski definition) is 1. The van der Waals surface area contributed by atoms with Gasteiger partial charge in [0.1, 0.15) is 0 Å². The molecule has 0 saturated heterocycles. The Hall–Kier alpha value is -1.32. The van der Waals surface area contributed by atoms with Gasteiger partial charge < -0.3 is 9.84 Å². The third-order valence-electron chi connectivity index (χ3n) is 2.09. The predicted octanol–water partition coefficient (Wildman–Crippen LogP) is 1.85. The van der Waals surface area contributed by atoms with Gasteiger partial charge in [-0.15, -0.1) is 6.58 Å². The first kappa shape index (κ1) is 13.7. The van der Waals surface area contributed by atoms with Crippen molar-refractivity contribution in [3.63, 3.8) is 0 Å². The van der Waals surface area contributed by atoms with E-state index in [0.717, 1.165) is 0 Å². The molecule has 0 radical (unpaired) electrons.